The Hall–Kier alpha value is -0.520. The predicted octanol–water partition coefficient (Wildman–Crippen LogP) is 2.82. The van der Waals surface area contributed by atoms with Crippen LogP contribution in [0.5, 0.6) is 0 Å². The zero-order valence-electron chi connectivity index (χ0n) is 9.51. The van der Waals surface area contributed by atoms with Crippen LogP contribution in [0.4, 0.5) is 0 Å². The van der Waals surface area contributed by atoms with E-state index in [2.05, 4.69) is 0 Å². The average molecular weight is 440 g/mol. The van der Waals surface area contributed by atoms with Crippen molar-refractivity contribution in [2.75, 3.05) is 0 Å². The number of aliphatic hydroxyl groups excluding tert-OH is 1. The SMILES string of the molecule is O=[N+]([O-])C1=C(O)C(Cl)([N+](=O)[O-])C(Cl)(Cl)C(Cl)([N+](=O)[O-])C1(Cl)Cl. The molecule has 0 amide bonds. The van der Waals surface area contributed by atoms with Gasteiger partial charge in [0.15, 0.2) is 0 Å². The van der Waals surface area contributed by atoms with Crippen LogP contribution in [0.15, 0.2) is 11.5 Å². The van der Waals surface area contributed by atoms with Gasteiger partial charge in [0.05, 0.1) is 14.8 Å². The maximum Gasteiger partial charge on any atom is 0.399 e. The first-order valence-corrected chi connectivity index (χ1v) is 6.89. The van der Waals surface area contributed by atoms with Crippen LogP contribution in [0.1, 0.15) is 0 Å². The fraction of sp³-hybridized carbons (Fsp3) is 0.667. The van der Waals surface area contributed by atoms with E-state index in [1.54, 1.807) is 0 Å². The minimum atomic E-state index is -3.67. The van der Waals surface area contributed by atoms with Crippen molar-refractivity contribution in [1.82, 2.24) is 0 Å². The molecule has 22 heavy (non-hydrogen) atoms. The summed E-state index contributed by atoms with van der Waals surface area (Å²) < 4.78 is -6.87. The maximum absolute atomic E-state index is 11.2. The molecule has 1 aliphatic rings. The van der Waals surface area contributed by atoms with Crippen LogP contribution in [-0.4, -0.2) is 38.5 Å². The van der Waals surface area contributed by atoms with Crippen LogP contribution >= 0.6 is 69.6 Å². The van der Waals surface area contributed by atoms with Crippen molar-refractivity contribution in [2.45, 2.75) is 18.7 Å². The number of nitrogens with zero attached hydrogens (tertiary/aromatic N) is 3. The molecule has 1 N–H and O–H groups in total. The van der Waals surface area contributed by atoms with Crippen LogP contribution in [0.2, 0.25) is 0 Å². The summed E-state index contributed by atoms with van der Waals surface area (Å²) >= 11 is 33.2. The van der Waals surface area contributed by atoms with Gasteiger partial charge in [-0.05, 0) is 23.2 Å². The van der Waals surface area contributed by atoms with Gasteiger partial charge in [-0.1, -0.05) is 46.4 Å². The van der Waals surface area contributed by atoms with E-state index in [0.717, 1.165) is 0 Å². The van der Waals surface area contributed by atoms with Gasteiger partial charge in [0.1, 0.15) is 0 Å². The molecule has 0 fully saturated rings. The molecule has 0 saturated heterocycles. The van der Waals surface area contributed by atoms with Crippen LogP contribution in [0, 0.1) is 30.3 Å². The maximum atomic E-state index is 11.2. The first-order chi connectivity index (χ1) is 9.61. The second-order valence-electron chi connectivity index (χ2n) is 3.86. The summed E-state index contributed by atoms with van der Waals surface area (Å²) in [5.41, 5.74) is -1.80. The number of aliphatic hydroxyl groups is 1. The predicted molar refractivity (Wildman–Crippen MR) is 76.7 cm³/mol. The van der Waals surface area contributed by atoms with Gasteiger partial charge < -0.3 is 5.11 Å². The standard InChI is InChI=1S/C6HCl6N3O7/c7-3(8)1(13(17)18)2(16)4(9,14(19)20)5(10,11)6(3,12)15(21)22/h16H. The van der Waals surface area contributed by atoms with Crippen LogP contribution < -0.4 is 0 Å². The second kappa shape index (κ2) is 5.25. The van der Waals surface area contributed by atoms with Gasteiger partial charge in [-0.15, -0.1) is 0 Å². The quantitative estimate of drug-likeness (QED) is 0.307. The molecule has 1 aliphatic carbocycles. The highest BCUT2D eigenvalue weighted by Gasteiger charge is 2.91. The largest absolute Gasteiger partial charge is 0.500 e. The zero-order chi connectivity index (χ0) is 17.9. The molecule has 0 spiro atoms. The minimum Gasteiger partial charge on any atom is -0.500 e. The van der Waals surface area contributed by atoms with Crippen molar-refractivity contribution in [3.05, 3.63) is 41.8 Å². The summed E-state index contributed by atoms with van der Waals surface area (Å²) in [7, 11) is 0. The van der Waals surface area contributed by atoms with Gasteiger partial charge >= 0.3 is 15.7 Å². The molecule has 0 heterocycles. The van der Waals surface area contributed by atoms with E-state index in [4.69, 9.17) is 69.6 Å². The molecule has 0 saturated carbocycles. The summed E-state index contributed by atoms with van der Waals surface area (Å²) in [6.07, 6.45) is 0. The lowest BCUT2D eigenvalue weighted by molar-refractivity contribution is -0.594. The monoisotopic (exact) mass is 437 g/mol. The van der Waals surface area contributed by atoms with Gasteiger partial charge in [-0.3, -0.25) is 30.3 Å². The third kappa shape index (κ3) is 1.95. The van der Waals surface area contributed by atoms with E-state index < -0.39 is 44.9 Å². The zero-order valence-corrected chi connectivity index (χ0v) is 14.0. The first kappa shape index (κ1) is 19.5. The minimum absolute atomic E-state index is 1.53. The number of hydrogen-bond donors (Lipinski definition) is 1. The van der Waals surface area contributed by atoms with E-state index in [1.165, 1.54) is 0 Å². The average Bonchev–Trinajstić information content (AvgIpc) is 2.33. The lowest BCUT2D eigenvalue weighted by Gasteiger charge is -2.42. The topological polar surface area (TPSA) is 150 Å². The molecular weight excluding hydrogens is 439 g/mol. The van der Waals surface area contributed by atoms with E-state index in [1.807, 2.05) is 0 Å². The lowest BCUT2D eigenvalue weighted by atomic mass is 9.90. The summed E-state index contributed by atoms with van der Waals surface area (Å²) in [5, 5.41) is 43.1. The second-order valence-corrected chi connectivity index (χ2v) is 7.61. The number of hydrogen-bond acceptors (Lipinski definition) is 7. The van der Waals surface area contributed by atoms with Crippen LogP contribution in [0.3, 0.4) is 0 Å². The summed E-state index contributed by atoms with van der Waals surface area (Å²) in [6, 6.07) is 0. The molecule has 2 unspecified atom stereocenters. The summed E-state index contributed by atoms with van der Waals surface area (Å²) in [5.74, 6) is -1.89. The molecular formula is C6HCl6N3O7. The Kier molecular flexibility index (Phi) is 4.66. The Morgan fingerprint density at radius 2 is 1.27 bits per heavy atom. The lowest BCUT2D eigenvalue weighted by Crippen LogP contribution is -2.73. The molecule has 0 aromatic heterocycles. The van der Waals surface area contributed by atoms with Crippen molar-refractivity contribution < 1.29 is 19.9 Å². The number of rotatable bonds is 3. The van der Waals surface area contributed by atoms with Crippen LogP contribution in [-0.2, 0) is 0 Å². The fourth-order valence-corrected chi connectivity index (χ4v) is 3.83. The molecule has 2 atom stereocenters. The summed E-state index contributed by atoms with van der Waals surface area (Å²) in [4.78, 5) is 21.3. The van der Waals surface area contributed by atoms with E-state index in [-0.39, 0.29) is 0 Å². The van der Waals surface area contributed by atoms with Crippen molar-refractivity contribution in [3.63, 3.8) is 0 Å². The smallest absolute Gasteiger partial charge is 0.399 e. The van der Waals surface area contributed by atoms with Crippen molar-refractivity contribution in [3.8, 4) is 0 Å². The Bertz CT molecular complexity index is 622. The van der Waals surface area contributed by atoms with Gasteiger partial charge in [0.25, 0.3) is 14.4 Å². The molecule has 0 aromatic rings. The molecule has 0 bridgehead atoms. The first-order valence-electron chi connectivity index (χ1n) is 4.62. The van der Waals surface area contributed by atoms with Crippen molar-refractivity contribution in [1.29, 1.82) is 0 Å². The molecule has 0 radical (unpaired) electrons. The van der Waals surface area contributed by atoms with Crippen molar-refractivity contribution in [2.24, 2.45) is 0 Å². The van der Waals surface area contributed by atoms with E-state index >= 15 is 0 Å². The van der Waals surface area contributed by atoms with Crippen molar-refractivity contribution >= 4 is 69.6 Å². The molecule has 0 aromatic carbocycles. The third-order valence-electron chi connectivity index (χ3n) is 2.77. The third-order valence-corrected chi connectivity index (χ3v) is 6.65. The molecule has 1 rings (SSSR count). The Morgan fingerprint density at radius 3 is 1.55 bits per heavy atom. The number of nitro groups is 3. The van der Waals surface area contributed by atoms with E-state index in [0.29, 0.717) is 0 Å². The van der Waals surface area contributed by atoms with Gasteiger partial charge in [0, 0.05) is 0 Å². The molecule has 16 heteroatoms. The highest BCUT2D eigenvalue weighted by atomic mass is 35.5. The molecule has 10 nitrogen and oxygen atoms in total. The van der Waals surface area contributed by atoms with E-state index in [9.17, 15) is 35.4 Å². The summed E-state index contributed by atoms with van der Waals surface area (Å²) in [6.45, 7) is 0. The normalized spacial score (nSPS) is 33.4. The molecule has 124 valence electrons. The van der Waals surface area contributed by atoms with Gasteiger partial charge in [-0.25, -0.2) is 0 Å². The molecule has 0 aliphatic heterocycles. The van der Waals surface area contributed by atoms with Crippen LogP contribution in [0.25, 0.3) is 0 Å². The number of halogens is 6. The Morgan fingerprint density at radius 1 is 0.864 bits per heavy atom. The number of alkyl halides is 6. The Balaban J connectivity index is 4.11. The van der Waals surface area contributed by atoms with Gasteiger partial charge in [0.2, 0.25) is 0 Å². The van der Waals surface area contributed by atoms with Gasteiger partial charge in [-0.2, -0.15) is 0 Å². The highest BCUT2D eigenvalue weighted by molar-refractivity contribution is 6.63. The highest BCUT2D eigenvalue weighted by Crippen LogP contribution is 2.65. The fourth-order valence-electron chi connectivity index (χ4n) is 1.66. The Labute approximate surface area is 149 Å².